The average Bonchev–Trinajstić information content (AvgIpc) is 3.39. The molecule has 0 saturated carbocycles. The van der Waals surface area contributed by atoms with Crippen molar-refractivity contribution in [2.45, 2.75) is 26.0 Å². The van der Waals surface area contributed by atoms with Gasteiger partial charge in [0.1, 0.15) is 23.3 Å². The number of aromatic nitrogens is 6. The van der Waals surface area contributed by atoms with Crippen molar-refractivity contribution < 1.29 is 14.0 Å². The molecule has 156 valence electrons. The molecule has 0 aliphatic heterocycles. The van der Waals surface area contributed by atoms with Crippen molar-refractivity contribution in [3.8, 4) is 11.6 Å². The van der Waals surface area contributed by atoms with Crippen LogP contribution in [0.4, 0.5) is 4.39 Å². The van der Waals surface area contributed by atoms with E-state index in [1.807, 2.05) is 6.07 Å². The summed E-state index contributed by atoms with van der Waals surface area (Å²) in [6.45, 7) is 3.18. The second kappa shape index (κ2) is 6.81. The van der Waals surface area contributed by atoms with Crippen LogP contribution in [-0.4, -0.2) is 34.2 Å². The van der Waals surface area contributed by atoms with Crippen LogP contribution in [0.3, 0.4) is 0 Å². The Kier molecular flexibility index (Phi) is 4.19. The monoisotopic (exact) mass is 420 g/mol. The summed E-state index contributed by atoms with van der Waals surface area (Å²) in [6.07, 6.45) is 3.08. The molecule has 5 rings (SSSR count). The molecule has 5 aromatic rings. The van der Waals surface area contributed by atoms with Crippen molar-refractivity contribution in [1.82, 2.24) is 29.1 Å². The summed E-state index contributed by atoms with van der Waals surface area (Å²) in [5.41, 5.74) is 0.250. The second-order valence-corrected chi connectivity index (χ2v) is 7.64. The van der Waals surface area contributed by atoms with Gasteiger partial charge in [-0.3, -0.25) is 18.7 Å². The maximum absolute atomic E-state index is 14.1. The minimum Gasteiger partial charge on any atom is -0.382 e. The van der Waals surface area contributed by atoms with E-state index >= 15 is 0 Å². The molecule has 0 unspecified atom stereocenters. The van der Waals surface area contributed by atoms with Crippen LogP contribution in [0.5, 0.6) is 0 Å². The molecule has 4 aromatic heterocycles. The van der Waals surface area contributed by atoms with Gasteiger partial charge in [-0.1, -0.05) is 11.2 Å². The number of halogens is 1. The van der Waals surface area contributed by atoms with Crippen LogP contribution in [0.2, 0.25) is 0 Å². The van der Waals surface area contributed by atoms with Gasteiger partial charge < -0.3 is 9.63 Å². The Morgan fingerprint density at radius 3 is 2.71 bits per heavy atom. The molecule has 0 bridgehead atoms. The van der Waals surface area contributed by atoms with E-state index in [0.717, 1.165) is 0 Å². The number of imidazole rings is 1. The van der Waals surface area contributed by atoms with Crippen LogP contribution in [0.25, 0.3) is 28.1 Å². The summed E-state index contributed by atoms with van der Waals surface area (Å²) in [5, 5.41) is 13.9. The Labute approximate surface area is 174 Å². The van der Waals surface area contributed by atoms with Crippen molar-refractivity contribution in [2.24, 2.45) is 0 Å². The van der Waals surface area contributed by atoms with E-state index in [1.54, 1.807) is 28.8 Å². The maximum Gasteiger partial charge on any atom is 0.279 e. The highest BCUT2D eigenvalue weighted by atomic mass is 19.1. The normalized spacial score (nSPS) is 12.1. The van der Waals surface area contributed by atoms with Gasteiger partial charge in [-0.15, -0.1) is 0 Å². The Bertz CT molecular complexity index is 1480. The number of aliphatic hydroxyl groups is 1. The zero-order valence-corrected chi connectivity index (χ0v) is 16.7. The fourth-order valence-corrected chi connectivity index (χ4v) is 3.42. The minimum absolute atomic E-state index is 0.00238. The van der Waals surface area contributed by atoms with E-state index in [-0.39, 0.29) is 29.5 Å². The van der Waals surface area contributed by atoms with E-state index in [1.165, 1.54) is 36.9 Å². The van der Waals surface area contributed by atoms with Gasteiger partial charge in [-0.05, 0) is 44.2 Å². The van der Waals surface area contributed by atoms with E-state index in [0.29, 0.717) is 16.7 Å². The van der Waals surface area contributed by atoms with E-state index in [4.69, 9.17) is 4.52 Å². The molecule has 9 nitrogen and oxygen atoms in total. The third-order valence-electron chi connectivity index (χ3n) is 4.93. The summed E-state index contributed by atoms with van der Waals surface area (Å²) in [7, 11) is 0. The third-order valence-corrected chi connectivity index (χ3v) is 4.93. The Hall–Kier alpha value is -3.92. The van der Waals surface area contributed by atoms with Crippen LogP contribution in [0.15, 0.2) is 58.2 Å². The minimum atomic E-state index is -1.32. The highest BCUT2D eigenvalue weighted by Crippen LogP contribution is 2.26. The van der Waals surface area contributed by atoms with Gasteiger partial charge in [-0.25, -0.2) is 9.37 Å². The fourth-order valence-electron chi connectivity index (χ4n) is 3.42. The summed E-state index contributed by atoms with van der Waals surface area (Å²) in [6, 6.07) is 9.57. The van der Waals surface area contributed by atoms with Crippen molar-refractivity contribution in [1.29, 1.82) is 0 Å². The summed E-state index contributed by atoms with van der Waals surface area (Å²) >= 11 is 0. The molecule has 4 heterocycles. The summed E-state index contributed by atoms with van der Waals surface area (Å²) in [5.74, 6) is -0.393. The first-order chi connectivity index (χ1) is 14.8. The molecular formula is C21H17FN6O3. The fraction of sp³-hybridized carbons (Fsp3) is 0.190. The van der Waals surface area contributed by atoms with Crippen molar-refractivity contribution in [3.63, 3.8) is 0 Å². The number of hydrogen-bond donors (Lipinski definition) is 1. The van der Waals surface area contributed by atoms with Gasteiger partial charge >= 0.3 is 0 Å². The number of nitrogens with zero attached hydrogens (tertiary/aromatic N) is 6. The third kappa shape index (κ3) is 3.17. The molecule has 31 heavy (non-hydrogen) atoms. The highest BCUT2D eigenvalue weighted by molar-refractivity contribution is 5.83. The predicted octanol–water partition coefficient (Wildman–Crippen LogP) is 2.51. The number of pyridine rings is 1. The topological polar surface area (TPSA) is 111 Å². The standard InChI is InChI=1S/C21H17FN6O3/c1-21(2,30)20-25-18(31-26-20)16-17-19(29)27(10-13-5-3-4-8-23-13)15-9-12(22)6-7-14(15)28(17)11-24-16/h3-9,11,30H,10H2,1-2H3. The summed E-state index contributed by atoms with van der Waals surface area (Å²) in [4.78, 5) is 26.3. The van der Waals surface area contributed by atoms with Crippen LogP contribution in [-0.2, 0) is 12.1 Å². The van der Waals surface area contributed by atoms with Crippen LogP contribution >= 0.6 is 0 Å². The molecule has 1 N–H and O–H groups in total. The molecule has 0 aliphatic carbocycles. The van der Waals surface area contributed by atoms with Crippen LogP contribution in [0, 0.1) is 5.82 Å². The van der Waals surface area contributed by atoms with Gasteiger partial charge in [0.15, 0.2) is 5.69 Å². The Morgan fingerprint density at radius 2 is 2.00 bits per heavy atom. The Balaban J connectivity index is 1.80. The molecule has 0 aliphatic rings. The van der Waals surface area contributed by atoms with Gasteiger partial charge in [0, 0.05) is 6.20 Å². The smallest absolute Gasteiger partial charge is 0.279 e. The lowest BCUT2D eigenvalue weighted by Crippen LogP contribution is -2.24. The summed E-state index contributed by atoms with van der Waals surface area (Å²) < 4.78 is 22.3. The lowest BCUT2D eigenvalue weighted by Gasteiger charge is -2.12. The van der Waals surface area contributed by atoms with Gasteiger partial charge in [0.25, 0.3) is 11.4 Å². The van der Waals surface area contributed by atoms with E-state index in [9.17, 15) is 14.3 Å². The van der Waals surface area contributed by atoms with Crippen LogP contribution in [0.1, 0.15) is 25.4 Å². The van der Waals surface area contributed by atoms with E-state index < -0.39 is 17.0 Å². The molecule has 0 saturated heterocycles. The maximum atomic E-state index is 14.1. The molecule has 0 atom stereocenters. The zero-order chi connectivity index (χ0) is 21.8. The predicted molar refractivity (Wildman–Crippen MR) is 109 cm³/mol. The molecule has 1 aromatic carbocycles. The van der Waals surface area contributed by atoms with Crippen molar-refractivity contribution in [2.75, 3.05) is 0 Å². The SMILES string of the molecule is CC(C)(O)c1noc(-c2ncn3c2c(=O)n(Cc2ccccn2)c2cc(F)ccc23)n1. The lowest BCUT2D eigenvalue weighted by molar-refractivity contribution is 0.0661. The number of rotatable bonds is 4. The first-order valence-corrected chi connectivity index (χ1v) is 9.49. The number of benzene rings is 1. The zero-order valence-electron chi connectivity index (χ0n) is 16.7. The highest BCUT2D eigenvalue weighted by Gasteiger charge is 2.26. The molecule has 0 spiro atoms. The average molecular weight is 420 g/mol. The first kappa shape index (κ1) is 19.1. The largest absolute Gasteiger partial charge is 0.382 e. The van der Waals surface area contributed by atoms with E-state index in [2.05, 4.69) is 20.1 Å². The molecule has 0 radical (unpaired) electrons. The van der Waals surface area contributed by atoms with Crippen molar-refractivity contribution >= 4 is 16.6 Å². The molecule has 0 amide bonds. The van der Waals surface area contributed by atoms with Gasteiger partial charge in [-0.2, -0.15) is 4.98 Å². The number of fused-ring (bicyclic) bond motifs is 3. The van der Waals surface area contributed by atoms with Gasteiger partial charge in [0.05, 0.1) is 23.3 Å². The molecular weight excluding hydrogens is 403 g/mol. The molecule has 10 heteroatoms. The second-order valence-electron chi connectivity index (χ2n) is 7.64. The first-order valence-electron chi connectivity index (χ1n) is 9.49. The van der Waals surface area contributed by atoms with Gasteiger partial charge in [0.2, 0.25) is 5.82 Å². The quantitative estimate of drug-likeness (QED) is 0.475. The molecule has 0 fully saturated rings. The van der Waals surface area contributed by atoms with Crippen molar-refractivity contribution in [3.05, 3.63) is 76.6 Å². The Morgan fingerprint density at radius 1 is 1.16 bits per heavy atom. The lowest BCUT2D eigenvalue weighted by atomic mass is 10.1. The number of hydrogen-bond acceptors (Lipinski definition) is 7. The van der Waals surface area contributed by atoms with Crippen LogP contribution < -0.4 is 5.56 Å².